The summed E-state index contributed by atoms with van der Waals surface area (Å²) in [7, 11) is 0. The van der Waals surface area contributed by atoms with Crippen LogP contribution in [0, 0.1) is 13.8 Å². The van der Waals surface area contributed by atoms with Crippen molar-refractivity contribution < 1.29 is 13.2 Å². The van der Waals surface area contributed by atoms with Gasteiger partial charge in [-0.15, -0.1) is 0 Å². The second-order valence-electron chi connectivity index (χ2n) is 5.30. The SMILES string of the molecule is Cc1cccc(C)c1Nc1nc(C(F)(F)F)nc2ccccc12. The standard InChI is InChI=1S/C17H14F3N3/c1-10-6-5-7-11(2)14(10)22-15-12-8-3-4-9-13(12)21-16(23-15)17(18,19)20/h3-9H,1-2H3,(H,21,22,23). The number of fused-ring (bicyclic) bond motifs is 1. The van der Waals surface area contributed by atoms with E-state index in [9.17, 15) is 13.2 Å². The highest BCUT2D eigenvalue weighted by molar-refractivity contribution is 5.91. The van der Waals surface area contributed by atoms with Gasteiger partial charge in [-0.1, -0.05) is 30.3 Å². The van der Waals surface area contributed by atoms with Gasteiger partial charge in [0.2, 0.25) is 5.82 Å². The van der Waals surface area contributed by atoms with E-state index in [0.717, 1.165) is 16.8 Å². The number of nitrogens with zero attached hydrogens (tertiary/aromatic N) is 2. The molecule has 3 rings (SSSR count). The Labute approximate surface area is 131 Å². The van der Waals surface area contributed by atoms with Gasteiger partial charge in [-0.25, -0.2) is 9.97 Å². The highest BCUT2D eigenvalue weighted by Crippen LogP contribution is 2.32. The van der Waals surface area contributed by atoms with Crippen LogP contribution in [0.3, 0.4) is 0 Å². The van der Waals surface area contributed by atoms with Crippen LogP contribution in [-0.2, 0) is 6.18 Å². The van der Waals surface area contributed by atoms with E-state index in [1.807, 2.05) is 32.0 Å². The Hall–Kier alpha value is -2.63. The van der Waals surface area contributed by atoms with Gasteiger partial charge in [-0.2, -0.15) is 13.2 Å². The number of benzene rings is 2. The van der Waals surface area contributed by atoms with Gasteiger partial charge in [0.1, 0.15) is 5.82 Å². The van der Waals surface area contributed by atoms with Crippen LogP contribution in [0.4, 0.5) is 24.7 Å². The summed E-state index contributed by atoms with van der Waals surface area (Å²) in [5.74, 6) is -0.995. The fourth-order valence-electron chi connectivity index (χ4n) is 2.43. The fraction of sp³-hybridized carbons (Fsp3) is 0.176. The molecule has 0 bridgehead atoms. The number of hydrogen-bond donors (Lipinski definition) is 1. The lowest BCUT2D eigenvalue weighted by atomic mass is 10.1. The summed E-state index contributed by atoms with van der Waals surface area (Å²) < 4.78 is 39.1. The predicted molar refractivity (Wildman–Crippen MR) is 83.7 cm³/mol. The minimum atomic E-state index is -4.60. The lowest BCUT2D eigenvalue weighted by Crippen LogP contribution is -2.13. The number of aryl methyl sites for hydroxylation is 2. The number of rotatable bonds is 2. The summed E-state index contributed by atoms with van der Waals surface area (Å²) in [5.41, 5.74) is 2.87. The summed E-state index contributed by atoms with van der Waals surface area (Å²) in [6.45, 7) is 3.78. The van der Waals surface area contributed by atoms with Crippen molar-refractivity contribution in [2.45, 2.75) is 20.0 Å². The smallest absolute Gasteiger partial charge is 0.339 e. The van der Waals surface area contributed by atoms with Crippen LogP contribution in [0.5, 0.6) is 0 Å². The Bertz CT molecular complexity index is 852. The van der Waals surface area contributed by atoms with Gasteiger partial charge in [-0.05, 0) is 37.1 Å². The van der Waals surface area contributed by atoms with Crippen LogP contribution in [0.1, 0.15) is 17.0 Å². The predicted octanol–water partition coefficient (Wildman–Crippen LogP) is 5.01. The molecule has 0 saturated heterocycles. The normalized spacial score (nSPS) is 11.7. The molecule has 118 valence electrons. The Kier molecular flexibility index (Phi) is 3.67. The number of halogens is 3. The number of aromatic nitrogens is 2. The molecule has 3 aromatic rings. The maximum Gasteiger partial charge on any atom is 0.451 e. The van der Waals surface area contributed by atoms with E-state index in [-0.39, 0.29) is 11.3 Å². The van der Waals surface area contributed by atoms with Crippen molar-refractivity contribution >= 4 is 22.4 Å². The van der Waals surface area contributed by atoms with E-state index in [2.05, 4.69) is 15.3 Å². The molecule has 0 saturated carbocycles. The molecule has 0 unspecified atom stereocenters. The van der Waals surface area contributed by atoms with Gasteiger partial charge >= 0.3 is 6.18 Å². The van der Waals surface area contributed by atoms with Gasteiger partial charge in [0, 0.05) is 11.1 Å². The molecule has 1 heterocycles. The summed E-state index contributed by atoms with van der Waals surface area (Å²) in [6.07, 6.45) is -4.60. The first-order valence-corrected chi connectivity index (χ1v) is 7.03. The Morgan fingerprint density at radius 3 is 2.17 bits per heavy atom. The number of nitrogens with one attached hydrogen (secondary N) is 1. The molecule has 0 atom stereocenters. The van der Waals surface area contributed by atoms with E-state index < -0.39 is 12.0 Å². The van der Waals surface area contributed by atoms with Crippen LogP contribution in [0.25, 0.3) is 10.9 Å². The molecule has 2 aromatic carbocycles. The van der Waals surface area contributed by atoms with Gasteiger partial charge in [0.25, 0.3) is 0 Å². The molecule has 23 heavy (non-hydrogen) atoms. The van der Waals surface area contributed by atoms with Gasteiger partial charge in [0.15, 0.2) is 0 Å². The third-order valence-corrected chi connectivity index (χ3v) is 3.58. The number of hydrogen-bond acceptors (Lipinski definition) is 3. The van der Waals surface area contributed by atoms with E-state index in [1.165, 1.54) is 0 Å². The van der Waals surface area contributed by atoms with Crippen molar-refractivity contribution in [1.29, 1.82) is 0 Å². The molecule has 1 N–H and O–H groups in total. The highest BCUT2D eigenvalue weighted by atomic mass is 19.4. The van der Waals surface area contributed by atoms with Gasteiger partial charge in [0.05, 0.1) is 5.52 Å². The summed E-state index contributed by atoms with van der Waals surface area (Å²) in [5, 5.41) is 3.59. The van der Waals surface area contributed by atoms with E-state index in [4.69, 9.17) is 0 Å². The van der Waals surface area contributed by atoms with Crippen molar-refractivity contribution in [3.05, 3.63) is 59.4 Å². The summed E-state index contributed by atoms with van der Waals surface area (Å²) in [4.78, 5) is 7.32. The van der Waals surface area contributed by atoms with Crippen molar-refractivity contribution in [2.75, 3.05) is 5.32 Å². The lowest BCUT2D eigenvalue weighted by molar-refractivity contribution is -0.144. The molecule has 0 aliphatic carbocycles. The molecule has 0 aliphatic heterocycles. The van der Waals surface area contributed by atoms with Crippen LogP contribution in [-0.4, -0.2) is 9.97 Å². The van der Waals surface area contributed by atoms with Crippen LogP contribution in [0.15, 0.2) is 42.5 Å². The minimum absolute atomic E-state index is 0.153. The zero-order chi connectivity index (χ0) is 16.6. The van der Waals surface area contributed by atoms with Crippen molar-refractivity contribution in [3.8, 4) is 0 Å². The molecule has 0 spiro atoms. The first-order chi connectivity index (χ1) is 10.9. The Morgan fingerprint density at radius 1 is 0.870 bits per heavy atom. The van der Waals surface area contributed by atoms with Crippen molar-refractivity contribution in [1.82, 2.24) is 9.97 Å². The van der Waals surface area contributed by atoms with Crippen LogP contribution in [0.2, 0.25) is 0 Å². The van der Waals surface area contributed by atoms with Gasteiger partial charge in [-0.3, -0.25) is 0 Å². The van der Waals surface area contributed by atoms with Gasteiger partial charge < -0.3 is 5.32 Å². The molecular weight excluding hydrogens is 303 g/mol. The molecule has 1 aromatic heterocycles. The topological polar surface area (TPSA) is 37.8 Å². The Morgan fingerprint density at radius 2 is 1.52 bits per heavy atom. The van der Waals surface area contributed by atoms with E-state index >= 15 is 0 Å². The summed E-state index contributed by atoms with van der Waals surface area (Å²) in [6, 6.07) is 12.3. The minimum Gasteiger partial charge on any atom is -0.339 e. The fourth-order valence-corrected chi connectivity index (χ4v) is 2.43. The highest BCUT2D eigenvalue weighted by Gasteiger charge is 2.35. The number of alkyl halides is 3. The maximum absolute atomic E-state index is 13.0. The Balaban J connectivity index is 2.20. The lowest BCUT2D eigenvalue weighted by Gasteiger charge is -2.15. The average molecular weight is 317 g/mol. The summed E-state index contributed by atoms with van der Waals surface area (Å²) >= 11 is 0. The van der Waals surface area contributed by atoms with Crippen LogP contribution < -0.4 is 5.32 Å². The monoisotopic (exact) mass is 317 g/mol. The zero-order valence-corrected chi connectivity index (χ0v) is 12.6. The quantitative estimate of drug-likeness (QED) is 0.722. The molecule has 0 radical (unpaired) electrons. The first-order valence-electron chi connectivity index (χ1n) is 7.03. The molecule has 6 heteroatoms. The van der Waals surface area contributed by atoms with Crippen molar-refractivity contribution in [3.63, 3.8) is 0 Å². The number of anilines is 2. The molecular formula is C17H14F3N3. The van der Waals surface area contributed by atoms with Crippen LogP contribution >= 0.6 is 0 Å². The largest absolute Gasteiger partial charge is 0.451 e. The van der Waals surface area contributed by atoms with E-state index in [0.29, 0.717) is 5.39 Å². The second kappa shape index (κ2) is 5.53. The molecule has 0 fully saturated rings. The number of para-hydroxylation sites is 2. The molecule has 0 amide bonds. The second-order valence-corrected chi connectivity index (χ2v) is 5.30. The third-order valence-electron chi connectivity index (χ3n) is 3.58. The van der Waals surface area contributed by atoms with E-state index in [1.54, 1.807) is 24.3 Å². The molecule has 3 nitrogen and oxygen atoms in total. The van der Waals surface area contributed by atoms with Crippen molar-refractivity contribution in [2.24, 2.45) is 0 Å². The zero-order valence-electron chi connectivity index (χ0n) is 12.6. The first kappa shape index (κ1) is 15.3. The third kappa shape index (κ3) is 2.97. The molecule has 0 aliphatic rings. The maximum atomic E-state index is 13.0. The average Bonchev–Trinajstić information content (AvgIpc) is 2.50.